The molecule has 0 heterocycles. The number of hydrogen-bond acceptors (Lipinski definition) is 2. The molecule has 0 aliphatic rings. The van der Waals surface area contributed by atoms with Crippen LogP contribution in [0.1, 0.15) is 31.9 Å². The molecule has 2 rings (SSSR count). The van der Waals surface area contributed by atoms with E-state index in [4.69, 9.17) is 4.74 Å². The predicted molar refractivity (Wildman–Crippen MR) is 93.5 cm³/mol. The quantitative estimate of drug-likeness (QED) is 0.499. The Balaban J connectivity index is 2.44. The number of alkyl halides is 3. The summed E-state index contributed by atoms with van der Waals surface area (Å²) in [4.78, 5) is 13.3. The number of carbonyl (C=O) groups is 1. The Hall–Kier alpha value is -2.94. The van der Waals surface area contributed by atoms with E-state index in [1.807, 2.05) is 6.07 Å². The highest BCUT2D eigenvalue weighted by Crippen LogP contribution is 2.32. The van der Waals surface area contributed by atoms with Crippen LogP contribution in [0, 0.1) is 12.0 Å². The lowest BCUT2D eigenvalue weighted by atomic mass is 10.2. The fraction of sp³-hybridized carbons (Fsp3) is 0.250. The summed E-state index contributed by atoms with van der Waals surface area (Å²) in [6.07, 6.45) is -5.37. The first-order valence-corrected chi connectivity index (χ1v) is 7.83. The van der Waals surface area contributed by atoms with Crippen LogP contribution in [0.2, 0.25) is 0 Å². The van der Waals surface area contributed by atoms with E-state index >= 15 is 0 Å². The van der Waals surface area contributed by atoms with Gasteiger partial charge in [0.15, 0.2) is 0 Å². The van der Waals surface area contributed by atoms with Crippen LogP contribution in [0.5, 0.6) is 0 Å². The Morgan fingerprint density at radius 1 is 1.00 bits per heavy atom. The number of anilines is 1. The molecule has 3 nitrogen and oxygen atoms in total. The van der Waals surface area contributed by atoms with Gasteiger partial charge in [-0.3, -0.25) is 0 Å². The molecule has 2 aromatic rings. The first-order valence-electron chi connectivity index (χ1n) is 7.83. The second-order valence-electron chi connectivity index (χ2n) is 6.47. The van der Waals surface area contributed by atoms with E-state index in [-0.39, 0.29) is 5.69 Å². The van der Waals surface area contributed by atoms with Gasteiger partial charge in [-0.25, -0.2) is 9.69 Å². The van der Waals surface area contributed by atoms with Crippen molar-refractivity contribution in [1.29, 1.82) is 0 Å². The minimum Gasteiger partial charge on any atom is -0.443 e. The van der Waals surface area contributed by atoms with Gasteiger partial charge in [-0.15, -0.1) is 0 Å². The highest BCUT2D eigenvalue weighted by atomic mass is 19.4. The third kappa shape index (κ3) is 5.55. The minimum absolute atomic E-state index is 0.0162. The van der Waals surface area contributed by atoms with Crippen molar-refractivity contribution in [3.63, 3.8) is 0 Å². The lowest BCUT2D eigenvalue weighted by molar-refractivity contribution is -0.137. The van der Waals surface area contributed by atoms with E-state index in [1.165, 1.54) is 12.1 Å². The SMILES string of the molecule is CC(C)(C)OC(=O)N(C#Cc1ccccc1)c1cccc(C(F)(F)F)c1. The van der Waals surface area contributed by atoms with E-state index in [0.717, 1.165) is 17.0 Å². The maximum atomic E-state index is 13.0. The van der Waals surface area contributed by atoms with Crippen molar-refractivity contribution < 1.29 is 22.7 Å². The minimum atomic E-state index is -4.53. The Morgan fingerprint density at radius 3 is 2.23 bits per heavy atom. The van der Waals surface area contributed by atoms with Crippen LogP contribution in [0.3, 0.4) is 0 Å². The van der Waals surface area contributed by atoms with Crippen LogP contribution in [0.4, 0.5) is 23.7 Å². The van der Waals surface area contributed by atoms with E-state index in [9.17, 15) is 18.0 Å². The zero-order valence-electron chi connectivity index (χ0n) is 14.6. The first-order chi connectivity index (χ1) is 12.1. The van der Waals surface area contributed by atoms with Crippen LogP contribution in [0.25, 0.3) is 0 Å². The van der Waals surface area contributed by atoms with Gasteiger partial charge in [-0.05, 0) is 57.0 Å². The van der Waals surface area contributed by atoms with Crippen molar-refractivity contribution in [3.05, 3.63) is 65.7 Å². The van der Waals surface area contributed by atoms with Gasteiger partial charge in [0, 0.05) is 11.6 Å². The summed E-state index contributed by atoms with van der Waals surface area (Å²) in [5.41, 5.74) is -1.08. The topological polar surface area (TPSA) is 29.5 Å². The molecule has 1 amide bonds. The molecule has 136 valence electrons. The molecule has 0 aromatic heterocycles. The smallest absolute Gasteiger partial charge is 0.426 e. The molecule has 0 bridgehead atoms. The van der Waals surface area contributed by atoms with Crippen molar-refractivity contribution in [2.45, 2.75) is 32.5 Å². The van der Waals surface area contributed by atoms with Gasteiger partial charge in [0.05, 0.1) is 11.3 Å². The molecular weight excluding hydrogens is 343 g/mol. The van der Waals surface area contributed by atoms with Crippen molar-refractivity contribution in [1.82, 2.24) is 0 Å². The van der Waals surface area contributed by atoms with Crippen molar-refractivity contribution >= 4 is 11.8 Å². The molecule has 0 radical (unpaired) electrons. The highest BCUT2D eigenvalue weighted by molar-refractivity contribution is 5.91. The van der Waals surface area contributed by atoms with Crippen LogP contribution in [-0.4, -0.2) is 11.7 Å². The molecule has 26 heavy (non-hydrogen) atoms. The summed E-state index contributed by atoms with van der Waals surface area (Å²) in [5, 5.41) is 0. The van der Waals surface area contributed by atoms with Crippen LogP contribution in [0.15, 0.2) is 54.6 Å². The number of nitrogens with zero attached hydrogens (tertiary/aromatic N) is 1. The molecule has 0 saturated carbocycles. The summed E-state index contributed by atoms with van der Waals surface area (Å²) in [6.45, 7) is 5.00. The largest absolute Gasteiger partial charge is 0.443 e. The summed E-state index contributed by atoms with van der Waals surface area (Å²) < 4.78 is 44.2. The molecule has 0 unspecified atom stereocenters. The number of ether oxygens (including phenoxy) is 1. The summed E-state index contributed by atoms with van der Waals surface area (Å²) in [6, 6.07) is 15.8. The number of benzene rings is 2. The normalized spacial score (nSPS) is 11.3. The number of amides is 1. The zero-order chi connectivity index (χ0) is 19.4. The highest BCUT2D eigenvalue weighted by Gasteiger charge is 2.31. The molecule has 0 atom stereocenters. The third-order valence-corrected chi connectivity index (χ3v) is 3.09. The number of halogens is 3. The maximum absolute atomic E-state index is 13.0. The van der Waals surface area contributed by atoms with Crippen LogP contribution in [-0.2, 0) is 10.9 Å². The number of rotatable bonds is 1. The Morgan fingerprint density at radius 2 is 1.65 bits per heavy atom. The number of hydrogen-bond donors (Lipinski definition) is 0. The summed E-state index contributed by atoms with van der Waals surface area (Å²) >= 11 is 0. The van der Waals surface area contributed by atoms with Gasteiger partial charge in [-0.1, -0.05) is 24.3 Å². The Bertz CT molecular complexity index is 828. The standard InChI is InChI=1S/C20H18F3NO2/c1-19(2,3)26-18(25)24(13-12-15-8-5-4-6-9-15)17-11-7-10-16(14-17)20(21,22)23/h4-11,14H,1-3H3. The Kier molecular flexibility index (Phi) is 5.61. The Labute approximate surface area is 150 Å². The van der Waals surface area contributed by atoms with Gasteiger partial charge in [0.25, 0.3) is 0 Å². The van der Waals surface area contributed by atoms with Gasteiger partial charge >= 0.3 is 12.3 Å². The number of carbonyl (C=O) groups excluding carboxylic acids is 1. The second-order valence-corrected chi connectivity index (χ2v) is 6.47. The van der Waals surface area contributed by atoms with Crippen LogP contribution >= 0.6 is 0 Å². The van der Waals surface area contributed by atoms with Gasteiger partial charge in [0.1, 0.15) is 5.60 Å². The molecule has 0 aliphatic heterocycles. The van der Waals surface area contributed by atoms with Gasteiger partial charge in [0.2, 0.25) is 0 Å². The maximum Gasteiger partial charge on any atom is 0.426 e. The van der Waals surface area contributed by atoms with Crippen LogP contribution < -0.4 is 4.90 Å². The molecule has 0 fully saturated rings. The van der Waals surface area contributed by atoms with E-state index in [0.29, 0.717) is 5.56 Å². The van der Waals surface area contributed by atoms with Crippen molar-refractivity contribution in [2.24, 2.45) is 0 Å². The molecule has 2 aromatic carbocycles. The second kappa shape index (κ2) is 7.52. The molecule has 0 spiro atoms. The van der Waals surface area contributed by atoms with E-state index < -0.39 is 23.4 Å². The lowest BCUT2D eigenvalue weighted by Crippen LogP contribution is -2.34. The lowest BCUT2D eigenvalue weighted by Gasteiger charge is -2.24. The molecule has 0 aliphatic carbocycles. The van der Waals surface area contributed by atoms with Crippen molar-refractivity contribution in [3.8, 4) is 12.0 Å². The monoisotopic (exact) mass is 361 g/mol. The fourth-order valence-corrected chi connectivity index (χ4v) is 1.99. The molecule has 0 saturated heterocycles. The molecular formula is C20H18F3NO2. The zero-order valence-corrected chi connectivity index (χ0v) is 14.6. The summed E-state index contributed by atoms with van der Waals surface area (Å²) in [5.74, 6) is 2.76. The average Bonchev–Trinajstić information content (AvgIpc) is 2.54. The van der Waals surface area contributed by atoms with Crippen molar-refractivity contribution in [2.75, 3.05) is 4.90 Å². The predicted octanol–water partition coefficient (Wildman–Crippen LogP) is 5.46. The first kappa shape index (κ1) is 19.4. The van der Waals surface area contributed by atoms with Gasteiger partial charge < -0.3 is 4.74 Å². The third-order valence-electron chi connectivity index (χ3n) is 3.09. The summed E-state index contributed by atoms with van der Waals surface area (Å²) in [7, 11) is 0. The fourth-order valence-electron chi connectivity index (χ4n) is 1.99. The molecule has 6 heteroatoms. The van der Waals surface area contributed by atoms with E-state index in [2.05, 4.69) is 12.0 Å². The molecule has 0 N–H and O–H groups in total. The van der Waals surface area contributed by atoms with Gasteiger partial charge in [-0.2, -0.15) is 13.2 Å². The van der Waals surface area contributed by atoms with E-state index in [1.54, 1.807) is 45.0 Å². The average molecular weight is 361 g/mol.